The lowest BCUT2D eigenvalue weighted by atomic mass is 9.74. The van der Waals surface area contributed by atoms with Gasteiger partial charge in [-0.1, -0.05) is 27.2 Å². The van der Waals surface area contributed by atoms with E-state index in [1.54, 1.807) is 0 Å². The predicted octanol–water partition coefficient (Wildman–Crippen LogP) is 3.32. The first-order chi connectivity index (χ1) is 8.50. The zero-order chi connectivity index (χ0) is 13.5. The second-order valence-electron chi connectivity index (χ2n) is 5.85. The van der Waals surface area contributed by atoms with Crippen molar-refractivity contribution in [1.82, 2.24) is 5.32 Å². The van der Waals surface area contributed by atoms with Gasteiger partial charge in [-0.2, -0.15) is 0 Å². The summed E-state index contributed by atoms with van der Waals surface area (Å²) in [6.07, 6.45) is 1.41. The highest BCUT2D eigenvalue weighted by atomic mass is 19.3. The molecule has 0 aromatic rings. The minimum Gasteiger partial charge on any atom is -0.374 e. The molecule has 1 N–H and O–H groups in total. The highest BCUT2D eigenvalue weighted by molar-refractivity contribution is 4.85. The van der Waals surface area contributed by atoms with Gasteiger partial charge in [-0.3, -0.25) is 0 Å². The van der Waals surface area contributed by atoms with Crippen LogP contribution >= 0.6 is 0 Å². The van der Waals surface area contributed by atoms with Gasteiger partial charge in [0.05, 0.1) is 6.61 Å². The van der Waals surface area contributed by atoms with E-state index in [9.17, 15) is 8.78 Å². The first kappa shape index (κ1) is 15.8. The second-order valence-corrected chi connectivity index (χ2v) is 5.85. The summed E-state index contributed by atoms with van der Waals surface area (Å²) in [6, 6.07) is 0.517. The molecule has 1 aliphatic carbocycles. The molecule has 0 radical (unpaired) electrons. The molecule has 0 heterocycles. The lowest BCUT2D eigenvalue weighted by Gasteiger charge is -2.38. The molecule has 3 unspecified atom stereocenters. The van der Waals surface area contributed by atoms with E-state index in [2.05, 4.69) is 26.1 Å². The lowest BCUT2D eigenvalue weighted by Crippen LogP contribution is -2.44. The van der Waals surface area contributed by atoms with Crippen LogP contribution in [-0.2, 0) is 4.74 Å². The number of rotatable bonds is 7. The first-order valence-corrected chi connectivity index (χ1v) is 7.10. The fourth-order valence-corrected chi connectivity index (χ4v) is 2.93. The van der Waals surface area contributed by atoms with Crippen LogP contribution in [0.5, 0.6) is 0 Å². The Balaban J connectivity index is 2.24. The van der Waals surface area contributed by atoms with Crippen LogP contribution in [0.25, 0.3) is 0 Å². The quantitative estimate of drug-likeness (QED) is 0.711. The van der Waals surface area contributed by atoms with Crippen molar-refractivity contribution in [2.24, 2.45) is 17.8 Å². The summed E-state index contributed by atoms with van der Waals surface area (Å²) in [5.74, 6) is 2.15. The van der Waals surface area contributed by atoms with Gasteiger partial charge in [0.15, 0.2) is 0 Å². The number of ether oxygens (including phenoxy) is 1. The van der Waals surface area contributed by atoms with Gasteiger partial charge in [0.25, 0.3) is 6.43 Å². The van der Waals surface area contributed by atoms with Crippen molar-refractivity contribution in [3.63, 3.8) is 0 Å². The van der Waals surface area contributed by atoms with Crippen LogP contribution in [0.15, 0.2) is 0 Å². The van der Waals surface area contributed by atoms with E-state index < -0.39 is 13.0 Å². The van der Waals surface area contributed by atoms with E-state index in [-0.39, 0.29) is 0 Å². The van der Waals surface area contributed by atoms with Crippen molar-refractivity contribution in [2.45, 2.75) is 52.5 Å². The van der Waals surface area contributed by atoms with Crippen LogP contribution in [0, 0.1) is 17.8 Å². The van der Waals surface area contributed by atoms with Crippen molar-refractivity contribution in [3.05, 3.63) is 0 Å². The molecule has 0 aromatic carbocycles. The minimum absolute atomic E-state index is 0.375. The Morgan fingerprint density at radius 3 is 2.61 bits per heavy atom. The molecule has 3 atom stereocenters. The molecule has 0 aromatic heterocycles. The summed E-state index contributed by atoms with van der Waals surface area (Å²) < 4.78 is 28.7. The molecule has 1 fully saturated rings. The molecule has 18 heavy (non-hydrogen) atoms. The molecule has 0 saturated heterocycles. The van der Waals surface area contributed by atoms with E-state index in [0.29, 0.717) is 31.0 Å². The normalized spacial score (nSPS) is 29.2. The molecule has 1 rings (SSSR count). The van der Waals surface area contributed by atoms with Crippen molar-refractivity contribution >= 4 is 0 Å². The van der Waals surface area contributed by atoms with Crippen LogP contribution in [0.2, 0.25) is 0 Å². The predicted molar refractivity (Wildman–Crippen MR) is 70.0 cm³/mol. The Kier molecular flexibility index (Phi) is 7.08. The third-order valence-electron chi connectivity index (χ3n) is 3.92. The maximum Gasteiger partial charge on any atom is 0.261 e. The van der Waals surface area contributed by atoms with Gasteiger partial charge >= 0.3 is 0 Å². The summed E-state index contributed by atoms with van der Waals surface area (Å²) in [5, 5.41) is 3.49. The molecular weight excluding hydrogens is 236 g/mol. The van der Waals surface area contributed by atoms with Crippen molar-refractivity contribution < 1.29 is 13.5 Å². The number of halogens is 2. The molecular formula is C14H27F2NO. The number of alkyl halides is 2. The van der Waals surface area contributed by atoms with Crippen molar-refractivity contribution in [2.75, 3.05) is 19.8 Å². The van der Waals surface area contributed by atoms with Gasteiger partial charge < -0.3 is 10.1 Å². The van der Waals surface area contributed by atoms with E-state index in [1.807, 2.05) is 0 Å². The number of hydrogen-bond donors (Lipinski definition) is 1. The Morgan fingerprint density at radius 2 is 2.00 bits per heavy atom. The maximum absolute atomic E-state index is 11.9. The van der Waals surface area contributed by atoms with Gasteiger partial charge in [0, 0.05) is 12.6 Å². The van der Waals surface area contributed by atoms with Crippen LogP contribution < -0.4 is 5.32 Å². The van der Waals surface area contributed by atoms with Crippen LogP contribution in [0.4, 0.5) is 8.78 Å². The van der Waals surface area contributed by atoms with Gasteiger partial charge in [0.1, 0.15) is 6.61 Å². The Morgan fingerprint density at radius 1 is 1.28 bits per heavy atom. The van der Waals surface area contributed by atoms with Crippen molar-refractivity contribution in [3.8, 4) is 0 Å². The minimum atomic E-state index is -2.36. The molecule has 108 valence electrons. The Labute approximate surface area is 109 Å². The zero-order valence-corrected chi connectivity index (χ0v) is 11.8. The second kappa shape index (κ2) is 8.05. The SMILES string of the molecule is CC1CCC(C(C)C)C(NCCOCC(F)F)C1. The van der Waals surface area contributed by atoms with Gasteiger partial charge in [-0.25, -0.2) is 8.78 Å². The van der Waals surface area contributed by atoms with Crippen LogP contribution in [0.1, 0.15) is 40.0 Å². The largest absolute Gasteiger partial charge is 0.374 e. The molecule has 0 aliphatic heterocycles. The zero-order valence-electron chi connectivity index (χ0n) is 11.8. The van der Waals surface area contributed by atoms with Crippen LogP contribution in [0.3, 0.4) is 0 Å². The Bertz CT molecular complexity index is 224. The third-order valence-corrected chi connectivity index (χ3v) is 3.92. The van der Waals surface area contributed by atoms with Crippen molar-refractivity contribution in [1.29, 1.82) is 0 Å². The maximum atomic E-state index is 11.9. The molecule has 0 amide bonds. The standard InChI is InChI=1S/C14H27F2NO/c1-10(2)12-5-4-11(3)8-13(12)17-6-7-18-9-14(15)16/h10-14,17H,4-9H2,1-3H3. The fourth-order valence-electron chi connectivity index (χ4n) is 2.93. The third kappa shape index (κ3) is 5.61. The number of nitrogens with one attached hydrogen (secondary N) is 1. The summed E-state index contributed by atoms with van der Waals surface area (Å²) in [5.41, 5.74) is 0. The van der Waals surface area contributed by atoms with Gasteiger partial charge in [0.2, 0.25) is 0 Å². The van der Waals surface area contributed by atoms with Crippen LogP contribution in [-0.4, -0.2) is 32.2 Å². The highest BCUT2D eigenvalue weighted by Crippen LogP contribution is 2.33. The van der Waals surface area contributed by atoms with E-state index in [0.717, 1.165) is 5.92 Å². The highest BCUT2D eigenvalue weighted by Gasteiger charge is 2.29. The van der Waals surface area contributed by atoms with E-state index in [1.165, 1.54) is 19.3 Å². The first-order valence-electron chi connectivity index (χ1n) is 7.10. The fraction of sp³-hybridized carbons (Fsp3) is 1.00. The van der Waals surface area contributed by atoms with E-state index >= 15 is 0 Å². The summed E-state index contributed by atoms with van der Waals surface area (Å²) >= 11 is 0. The smallest absolute Gasteiger partial charge is 0.261 e. The van der Waals surface area contributed by atoms with Gasteiger partial charge in [-0.15, -0.1) is 0 Å². The number of hydrogen-bond acceptors (Lipinski definition) is 2. The lowest BCUT2D eigenvalue weighted by molar-refractivity contribution is 0.0167. The van der Waals surface area contributed by atoms with Gasteiger partial charge in [-0.05, 0) is 30.6 Å². The summed E-state index contributed by atoms with van der Waals surface area (Å²) in [4.78, 5) is 0. The molecule has 2 nitrogen and oxygen atoms in total. The molecule has 4 heteroatoms. The molecule has 1 aliphatic rings. The topological polar surface area (TPSA) is 21.3 Å². The summed E-state index contributed by atoms with van der Waals surface area (Å²) in [7, 11) is 0. The molecule has 1 saturated carbocycles. The van der Waals surface area contributed by atoms with E-state index in [4.69, 9.17) is 4.74 Å². The Hall–Kier alpha value is -0.220. The molecule has 0 bridgehead atoms. The average Bonchev–Trinajstić information content (AvgIpc) is 2.27. The molecule has 0 spiro atoms. The average molecular weight is 263 g/mol. The monoisotopic (exact) mass is 263 g/mol. The summed E-state index contributed by atoms with van der Waals surface area (Å²) in [6.45, 7) is 7.42.